The number of aryl methyl sites for hydroxylation is 1. The number of aromatic hydroxyl groups is 1. The molecule has 2 heterocycles. The Morgan fingerprint density at radius 1 is 0.528 bits per heavy atom. The normalized spacial score (nSPS) is 11.8. The second-order valence-corrected chi connectivity index (χ2v) is 14.8. The van der Waals surface area contributed by atoms with E-state index in [1.807, 2.05) is 24.4 Å². The van der Waals surface area contributed by atoms with Gasteiger partial charge in [-0.3, -0.25) is 4.98 Å². The van der Waals surface area contributed by atoms with E-state index in [4.69, 9.17) is 14.4 Å². The van der Waals surface area contributed by atoms with Crippen molar-refractivity contribution < 1.29 is 9.52 Å². The van der Waals surface area contributed by atoms with Gasteiger partial charge in [-0.15, -0.1) is 0 Å². The number of fused-ring (bicyclic) bond motifs is 3. The number of aromatic nitrogens is 2. The second kappa shape index (κ2) is 12.6. The van der Waals surface area contributed by atoms with Crippen LogP contribution in [-0.4, -0.2) is 15.1 Å². The van der Waals surface area contributed by atoms with E-state index in [0.29, 0.717) is 17.0 Å². The van der Waals surface area contributed by atoms with Gasteiger partial charge in [0.05, 0.1) is 11.1 Å². The van der Waals surface area contributed by atoms with E-state index in [2.05, 4.69) is 149 Å². The molecule has 7 aromatic carbocycles. The van der Waals surface area contributed by atoms with Crippen LogP contribution in [0.2, 0.25) is 0 Å². The van der Waals surface area contributed by atoms with Gasteiger partial charge in [0.2, 0.25) is 5.89 Å². The van der Waals surface area contributed by atoms with Crippen molar-refractivity contribution in [3.05, 3.63) is 163 Å². The molecule has 0 saturated heterocycles. The van der Waals surface area contributed by atoms with Gasteiger partial charge in [0, 0.05) is 22.7 Å². The summed E-state index contributed by atoms with van der Waals surface area (Å²) in [5.41, 5.74) is 13.7. The molecule has 0 unspecified atom stereocenters. The molecular weight excluding hydrogens is 649 g/mol. The fourth-order valence-corrected chi connectivity index (χ4v) is 7.55. The Kier molecular flexibility index (Phi) is 7.71. The van der Waals surface area contributed by atoms with Gasteiger partial charge in [-0.05, 0) is 110 Å². The Balaban J connectivity index is 1.28. The molecule has 0 fully saturated rings. The van der Waals surface area contributed by atoms with Gasteiger partial charge < -0.3 is 9.52 Å². The summed E-state index contributed by atoms with van der Waals surface area (Å²) in [6.45, 7) is 8.66. The number of nitrogens with zero attached hydrogens (tertiary/aromatic N) is 2. The average Bonchev–Trinajstić information content (AvgIpc) is 3.62. The van der Waals surface area contributed by atoms with E-state index in [-0.39, 0.29) is 11.2 Å². The lowest BCUT2D eigenvalue weighted by Gasteiger charge is -2.19. The molecule has 0 aliphatic carbocycles. The van der Waals surface area contributed by atoms with E-state index < -0.39 is 0 Å². The molecule has 256 valence electrons. The molecule has 2 aromatic heterocycles. The molecule has 0 radical (unpaired) electrons. The summed E-state index contributed by atoms with van der Waals surface area (Å²) >= 11 is 0. The molecule has 1 N–H and O–H groups in total. The summed E-state index contributed by atoms with van der Waals surface area (Å²) in [5, 5.41) is 14.5. The van der Waals surface area contributed by atoms with E-state index in [1.54, 1.807) is 6.07 Å². The highest BCUT2D eigenvalue weighted by molar-refractivity contribution is 6.04. The highest BCUT2D eigenvalue weighted by Crippen LogP contribution is 2.43. The number of benzene rings is 7. The zero-order valence-electron chi connectivity index (χ0n) is 30.2. The van der Waals surface area contributed by atoms with Crippen molar-refractivity contribution in [3.63, 3.8) is 0 Å². The predicted octanol–water partition coefficient (Wildman–Crippen LogP) is 13.2. The van der Waals surface area contributed by atoms with Gasteiger partial charge in [-0.25, -0.2) is 4.98 Å². The Bertz CT molecular complexity index is 2840. The molecule has 0 spiro atoms. The van der Waals surface area contributed by atoms with Gasteiger partial charge in [0.25, 0.3) is 0 Å². The minimum atomic E-state index is -0.114. The zero-order valence-corrected chi connectivity index (χ0v) is 30.2. The quantitative estimate of drug-likeness (QED) is 0.196. The number of oxazole rings is 1. The Morgan fingerprint density at radius 3 is 2.04 bits per heavy atom. The summed E-state index contributed by atoms with van der Waals surface area (Å²) in [7, 11) is 0. The van der Waals surface area contributed by atoms with Crippen molar-refractivity contribution in [2.75, 3.05) is 0 Å². The van der Waals surface area contributed by atoms with Crippen molar-refractivity contribution >= 4 is 32.8 Å². The SMILES string of the molecule is Cc1c(-c2ccccc2)cc(-c2cccc(-c3cc(-c4cccc5ccccc45)cc4oc(-c5cc(C(C)(C)C)ccc5O)nc34)c2)c2ncccc12. The standard InChI is InChI=1S/C49H38N2O2/c1-30-37-21-12-24-50-46(37)42(29-40(30)32-13-6-5-7-14-32)34-18-10-17-33(25-34)41-26-35(39-20-11-16-31-15-8-9-19-38(31)39)27-45-47(41)51-48(53-45)43-28-36(49(2,3)4)22-23-44(43)52/h5-29,52H,1-4H3. The third-order valence-electron chi connectivity index (χ3n) is 10.4. The third-order valence-corrected chi connectivity index (χ3v) is 10.4. The van der Waals surface area contributed by atoms with Crippen LogP contribution >= 0.6 is 0 Å². The van der Waals surface area contributed by atoms with Crippen LogP contribution in [0, 0.1) is 6.92 Å². The van der Waals surface area contributed by atoms with Crippen LogP contribution in [-0.2, 0) is 5.41 Å². The Hall–Kier alpha value is -6.52. The molecule has 53 heavy (non-hydrogen) atoms. The summed E-state index contributed by atoms with van der Waals surface area (Å²) < 4.78 is 6.61. The van der Waals surface area contributed by atoms with E-state index in [0.717, 1.165) is 60.8 Å². The summed E-state index contributed by atoms with van der Waals surface area (Å²) in [6.07, 6.45) is 1.87. The molecular formula is C49H38N2O2. The third kappa shape index (κ3) is 5.73. The van der Waals surface area contributed by atoms with Crippen molar-refractivity contribution in [1.29, 1.82) is 0 Å². The molecule has 9 aromatic rings. The highest BCUT2D eigenvalue weighted by Gasteiger charge is 2.22. The molecule has 0 saturated carbocycles. The van der Waals surface area contributed by atoms with Crippen LogP contribution in [0.1, 0.15) is 31.9 Å². The van der Waals surface area contributed by atoms with Crippen molar-refractivity contribution in [1.82, 2.24) is 9.97 Å². The van der Waals surface area contributed by atoms with E-state index in [1.165, 1.54) is 22.1 Å². The van der Waals surface area contributed by atoms with Gasteiger partial charge in [-0.1, -0.05) is 124 Å². The summed E-state index contributed by atoms with van der Waals surface area (Å²) in [4.78, 5) is 10.0. The lowest BCUT2D eigenvalue weighted by molar-refractivity contribution is 0.473. The maximum Gasteiger partial charge on any atom is 0.231 e. The Labute approximate surface area is 309 Å². The first-order chi connectivity index (χ1) is 25.7. The minimum absolute atomic E-state index is 0.114. The monoisotopic (exact) mass is 686 g/mol. The van der Waals surface area contributed by atoms with Crippen molar-refractivity contribution in [2.24, 2.45) is 0 Å². The number of phenolic OH excluding ortho intramolecular Hbond substituents is 1. The number of hydrogen-bond donors (Lipinski definition) is 1. The maximum atomic E-state index is 11.1. The molecule has 4 nitrogen and oxygen atoms in total. The Morgan fingerprint density at radius 2 is 1.23 bits per heavy atom. The van der Waals surface area contributed by atoms with Crippen LogP contribution in [0.5, 0.6) is 5.75 Å². The topological polar surface area (TPSA) is 59.2 Å². The van der Waals surface area contributed by atoms with E-state index in [9.17, 15) is 5.11 Å². The molecule has 0 aliphatic rings. The van der Waals surface area contributed by atoms with Crippen LogP contribution in [0.25, 0.3) is 88.7 Å². The number of pyridine rings is 1. The molecule has 9 rings (SSSR count). The minimum Gasteiger partial charge on any atom is -0.507 e. The van der Waals surface area contributed by atoms with Crippen LogP contribution < -0.4 is 0 Å². The zero-order chi connectivity index (χ0) is 36.3. The number of hydrogen-bond acceptors (Lipinski definition) is 4. The first-order valence-corrected chi connectivity index (χ1v) is 18.0. The second-order valence-electron chi connectivity index (χ2n) is 14.8. The fraction of sp³-hybridized carbons (Fsp3) is 0.102. The van der Waals surface area contributed by atoms with Gasteiger partial charge in [0.15, 0.2) is 5.58 Å². The lowest BCUT2D eigenvalue weighted by atomic mass is 9.86. The van der Waals surface area contributed by atoms with Crippen LogP contribution in [0.3, 0.4) is 0 Å². The first kappa shape index (κ1) is 32.4. The number of phenols is 1. The lowest BCUT2D eigenvalue weighted by Crippen LogP contribution is -2.10. The van der Waals surface area contributed by atoms with E-state index >= 15 is 0 Å². The summed E-state index contributed by atoms with van der Waals surface area (Å²) in [6, 6.07) is 50.5. The van der Waals surface area contributed by atoms with Crippen LogP contribution in [0.4, 0.5) is 0 Å². The predicted molar refractivity (Wildman–Crippen MR) is 219 cm³/mol. The smallest absolute Gasteiger partial charge is 0.231 e. The average molecular weight is 687 g/mol. The maximum absolute atomic E-state index is 11.1. The van der Waals surface area contributed by atoms with Gasteiger partial charge in [-0.2, -0.15) is 0 Å². The molecule has 0 atom stereocenters. The highest BCUT2D eigenvalue weighted by atomic mass is 16.3. The molecule has 4 heteroatoms. The van der Waals surface area contributed by atoms with Gasteiger partial charge in [0.1, 0.15) is 11.3 Å². The molecule has 0 amide bonds. The van der Waals surface area contributed by atoms with Crippen LogP contribution in [0.15, 0.2) is 156 Å². The van der Waals surface area contributed by atoms with Crippen molar-refractivity contribution in [2.45, 2.75) is 33.1 Å². The summed E-state index contributed by atoms with van der Waals surface area (Å²) in [5.74, 6) is 0.521. The first-order valence-electron chi connectivity index (χ1n) is 18.0. The fourth-order valence-electron chi connectivity index (χ4n) is 7.55. The molecule has 0 bridgehead atoms. The number of rotatable bonds is 5. The largest absolute Gasteiger partial charge is 0.507 e. The molecule has 0 aliphatic heterocycles. The van der Waals surface area contributed by atoms with Gasteiger partial charge >= 0.3 is 0 Å². The van der Waals surface area contributed by atoms with Crippen molar-refractivity contribution in [3.8, 4) is 61.7 Å².